The van der Waals surface area contributed by atoms with Crippen molar-refractivity contribution in [3.05, 3.63) is 35.6 Å². The molecule has 0 aliphatic carbocycles. The van der Waals surface area contributed by atoms with Crippen LogP contribution in [0.5, 0.6) is 0 Å². The zero-order valence-corrected chi connectivity index (χ0v) is 9.29. The van der Waals surface area contributed by atoms with Crippen molar-refractivity contribution >= 4 is 6.09 Å². The fourth-order valence-electron chi connectivity index (χ4n) is 1.91. The lowest BCUT2D eigenvalue weighted by Gasteiger charge is -2.38. The first-order valence-electron chi connectivity index (χ1n) is 5.18. The number of nitrogens with one attached hydrogen (secondary N) is 1. The molecule has 1 heterocycles. The molecule has 0 radical (unpaired) electrons. The van der Waals surface area contributed by atoms with E-state index in [1.165, 1.54) is 12.1 Å². The van der Waals surface area contributed by atoms with Crippen LogP contribution in [0.25, 0.3) is 0 Å². The Kier molecular flexibility index (Phi) is 2.58. The van der Waals surface area contributed by atoms with Crippen LogP contribution in [0, 0.1) is 11.2 Å². The van der Waals surface area contributed by atoms with Gasteiger partial charge in [0.2, 0.25) is 0 Å². The molecule has 1 atom stereocenters. The van der Waals surface area contributed by atoms with Gasteiger partial charge in [-0.2, -0.15) is 0 Å². The van der Waals surface area contributed by atoms with Crippen LogP contribution < -0.4 is 5.32 Å². The molecule has 4 heteroatoms. The van der Waals surface area contributed by atoms with E-state index < -0.39 is 6.09 Å². The topological polar surface area (TPSA) is 38.3 Å². The average Bonchev–Trinajstić information content (AvgIpc) is 2.22. The molecule has 1 aromatic carbocycles. The minimum Gasteiger partial charge on any atom is -0.449 e. The molecule has 1 N–H and O–H groups in total. The molecule has 0 spiro atoms. The third-order valence-corrected chi connectivity index (χ3v) is 2.80. The Labute approximate surface area is 93.6 Å². The van der Waals surface area contributed by atoms with Crippen molar-refractivity contribution < 1.29 is 13.9 Å². The van der Waals surface area contributed by atoms with E-state index in [2.05, 4.69) is 5.32 Å². The Hall–Kier alpha value is -1.58. The predicted octanol–water partition coefficient (Wildman–Crippen LogP) is 2.63. The summed E-state index contributed by atoms with van der Waals surface area (Å²) in [5, 5.41) is 2.72. The van der Waals surface area contributed by atoms with E-state index in [9.17, 15) is 9.18 Å². The number of benzene rings is 1. The SMILES string of the molecule is CC1(C)COC(=O)N[C@@H]1c1cccc(F)c1. The van der Waals surface area contributed by atoms with E-state index in [4.69, 9.17) is 4.74 Å². The fourth-order valence-corrected chi connectivity index (χ4v) is 1.91. The maximum Gasteiger partial charge on any atom is 0.407 e. The molecule has 1 aromatic rings. The minimum absolute atomic E-state index is 0.218. The fraction of sp³-hybridized carbons (Fsp3) is 0.417. The third-order valence-electron chi connectivity index (χ3n) is 2.80. The van der Waals surface area contributed by atoms with Gasteiger partial charge in [0.1, 0.15) is 12.4 Å². The summed E-state index contributed by atoms with van der Waals surface area (Å²) in [5.74, 6) is -0.297. The van der Waals surface area contributed by atoms with E-state index >= 15 is 0 Å². The van der Waals surface area contributed by atoms with Gasteiger partial charge in [0.25, 0.3) is 0 Å². The van der Waals surface area contributed by atoms with Gasteiger partial charge in [-0.05, 0) is 17.7 Å². The Bertz CT molecular complexity index is 417. The zero-order chi connectivity index (χ0) is 11.8. The van der Waals surface area contributed by atoms with E-state index in [0.717, 1.165) is 5.56 Å². The number of carbonyl (C=O) groups excluding carboxylic acids is 1. The summed E-state index contributed by atoms with van der Waals surface area (Å²) in [7, 11) is 0. The summed E-state index contributed by atoms with van der Waals surface area (Å²) in [6, 6.07) is 6.06. The molecule has 1 amide bonds. The standard InChI is InChI=1S/C12H14FNO2/c1-12(2)7-16-11(15)14-10(12)8-4-3-5-9(13)6-8/h3-6,10H,7H2,1-2H3,(H,14,15)/t10-/m1/s1. The number of rotatable bonds is 1. The maximum absolute atomic E-state index is 13.1. The van der Waals surface area contributed by atoms with Gasteiger partial charge in [-0.3, -0.25) is 0 Å². The molecule has 0 aromatic heterocycles. The number of hydrogen-bond acceptors (Lipinski definition) is 2. The first-order chi connectivity index (χ1) is 7.49. The summed E-state index contributed by atoms with van der Waals surface area (Å²) in [5.41, 5.74) is 0.517. The molecule has 1 aliphatic rings. The second kappa shape index (κ2) is 3.77. The van der Waals surface area contributed by atoms with Gasteiger partial charge >= 0.3 is 6.09 Å². The van der Waals surface area contributed by atoms with Crippen LogP contribution in [-0.2, 0) is 4.74 Å². The van der Waals surface area contributed by atoms with Crippen LogP contribution >= 0.6 is 0 Å². The van der Waals surface area contributed by atoms with Crippen LogP contribution in [0.15, 0.2) is 24.3 Å². The van der Waals surface area contributed by atoms with Crippen molar-refractivity contribution in [3.8, 4) is 0 Å². The van der Waals surface area contributed by atoms with Crippen LogP contribution in [0.1, 0.15) is 25.5 Å². The van der Waals surface area contributed by atoms with Crippen molar-refractivity contribution in [1.82, 2.24) is 5.32 Å². The monoisotopic (exact) mass is 223 g/mol. The largest absolute Gasteiger partial charge is 0.449 e. The molecule has 2 rings (SSSR count). The Morgan fingerprint density at radius 1 is 1.50 bits per heavy atom. The van der Waals surface area contributed by atoms with Crippen LogP contribution in [-0.4, -0.2) is 12.7 Å². The lowest BCUT2D eigenvalue weighted by Crippen LogP contribution is -2.46. The lowest BCUT2D eigenvalue weighted by molar-refractivity contribution is 0.0386. The van der Waals surface area contributed by atoms with Crippen molar-refractivity contribution in [2.75, 3.05) is 6.61 Å². The first kappa shape index (κ1) is 10.9. The highest BCUT2D eigenvalue weighted by atomic mass is 19.1. The molecule has 1 saturated heterocycles. The van der Waals surface area contributed by atoms with Gasteiger partial charge in [0.15, 0.2) is 0 Å². The van der Waals surface area contributed by atoms with Crippen molar-refractivity contribution in [3.63, 3.8) is 0 Å². The highest BCUT2D eigenvalue weighted by molar-refractivity contribution is 5.69. The first-order valence-corrected chi connectivity index (χ1v) is 5.18. The summed E-state index contributed by atoms with van der Waals surface area (Å²) < 4.78 is 18.1. The smallest absolute Gasteiger partial charge is 0.407 e. The summed E-state index contributed by atoms with van der Waals surface area (Å²) in [4.78, 5) is 11.2. The van der Waals surface area contributed by atoms with Gasteiger partial charge in [-0.1, -0.05) is 26.0 Å². The summed E-state index contributed by atoms with van der Waals surface area (Å²) in [6.45, 7) is 4.28. The van der Waals surface area contributed by atoms with E-state index in [0.29, 0.717) is 6.61 Å². The number of carbonyl (C=O) groups is 1. The highest BCUT2D eigenvalue weighted by Crippen LogP contribution is 2.36. The van der Waals surface area contributed by atoms with E-state index in [1.807, 2.05) is 13.8 Å². The molecular weight excluding hydrogens is 209 g/mol. The molecule has 0 saturated carbocycles. The van der Waals surface area contributed by atoms with Crippen LogP contribution in [0.3, 0.4) is 0 Å². The predicted molar refractivity (Wildman–Crippen MR) is 57.4 cm³/mol. The number of ether oxygens (including phenoxy) is 1. The second-order valence-electron chi connectivity index (χ2n) is 4.70. The van der Waals surface area contributed by atoms with Gasteiger partial charge in [0.05, 0.1) is 6.04 Å². The number of alkyl carbamates (subject to hydrolysis) is 1. The number of amides is 1. The molecule has 3 nitrogen and oxygen atoms in total. The molecule has 16 heavy (non-hydrogen) atoms. The molecule has 0 bridgehead atoms. The van der Waals surface area contributed by atoms with Gasteiger partial charge in [-0.15, -0.1) is 0 Å². The van der Waals surface area contributed by atoms with E-state index in [1.54, 1.807) is 12.1 Å². The van der Waals surface area contributed by atoms with Crippen molar-refractivity contribution in [2.24, 2.45) is 5.41 Å². The van der Waals surface area contributed by atoms with Crippen molar-refractivity contribution in [2.45, 2.75) is 19.9 Å². The van der Waals surface area contributed by atoms with E-state index in [-0.39, 0.29) is 17.3 Å². The quantitative estimate of drug-likeness (QED) is 0.794. The Morgan fingerprint density at radius 3 is 2.94 bits per heavy atom. The summed E-state index contributed by atoms with van der Waals surface area (Å²) >= 11 is 0. The number of halogens is 1. The third kappa shape index (κ3) is 2.01. The minimum atomic E-state index is -0.450. The Balaban J connectivity index is 2.33. The number of hydrogen-bond donors (Lipinski definition) is 1. The molecule has 86 valence electrons. The lowest BCUT2D eigenvalue weighted by atomic mass is 9.80. The highest BCUT2D eigenvalue weighted by Gasteiger charge is 2.37. The molecule has 1 fully saturated rings. The molecule has 0 unspecified atom stereocenters. The normalized spacial score (nSPS) is 23.4. The van der Waals surface area contributed by atoms with Gasteiger partial charge < -0.3 is 10.1 Å². The van der Waals surface area contributed by atoms with Crippen LogP contribution in [0.2, 0.25) is 0 Å². The zero-order valence-electron chi connectivity index (χ0n) is 9.29. The maximum atomic E-state index is 13.1. The van der Waals surface area contributed by atoms with Crippen molar-refractivity contribution in [1.29, 1.82) is 0 Å². The Morgan fingerprint density at radius 2 is 2.25 bits per heavy atom. The van der Waals surface area contributed by atoms with Crippen LogP contribution in [0.4, 0.5) is 9.18 Å². The van der Waals surface area contributed by atoms with Gasteiger partial charge in [0, 0.05) is 5.41 Å². The molecular formula is C12H14FNO2. The number of cyclic esters (lactones) is 1. The van der Waals surface area contributed by atoms with Gasteiger partial charge in [-0.25, -0.2) is 9.18 Å². The molecule has 1 aliphatic heterocycles. The second-order valence-corrected chi connectivity index (χ2v) is 4.70. The average molecular weight is 223 g/mol. The summed E-state index contributed by atoms with van der Waals surface area (Å²) in [6.07, 6.45) is -0.450.